The summed E-state index contributed by atoms with van der Waals surface area (Å²) in [5.74, 6) is 0.409. The number of benzene rings is 2. The zero-order valence-electron chi connectivity index (χ0n) is 17.9. The summed E-state index contributed by atoms with van der Waals surface area (Å²) in [7, 11) is 0. The Hall–Kier alpha value is -3.45. The molecule has 2 aromatic heterocycles. The van der Waals surface area contributed by atoms with Gasteiger partial charge in [-0.1, -0.05) is 48.0 Å². The number of rotatable bonds is 5. The van der Waals surface area contributed by atoms with Gasteiger partial charge in [-0.2, -0.15) is 5.10 Å². The van der Waals surface area contributed by atoms with Gasteiger partial charge in [-0.15, -0.1) is 0 Å². The minimum atomic E-state index is -0.389. The highest BCUT2D eigenvalue weighted by Gasteiger charge is 2.27. The molecule has 1 aliphatic heterocycles. The van der Waals surface area contributed by atoms with Crippen LogP contribution in [0, 0.1) is 11.7 Å². The van der Waals surface area contributed by atoms with Crippen LogP contribution in [0.2, 0.25) is 5.02 Å². The molecule has 1 aliphatic rings. The lowest BCUT2D eigenvalue weighted by atomic mass is 9.95. The van der Waals surface area contributed by atoms with Crippen molar-refractivity contribution in [2.45, 2.75) is 19.4 Å². The maximum Gasteiger partial charge on any atom is 0.223 e. The molecule has 0 spiro atoms. The summed E-state index contributed by atoms with van der Waals surface area (Å²) in [6, 6.07) is 16.3. The molecule has 1 N–H and O–H groups in total. The number of carbonyl (C=O) groups is 1. The van der Waals surface area contributed by atoms with E-state index < -0.39 is 0 Å². The molecular formula is C25H23ClFN5O. The predicted molar refractivity (Wildman–Crippen MR) is 127 cm³/mol. The zero-order valence-corrected chi connectivity index (χ0v) is 18.7. The maximum absolute atomic E-state index is 13.2. The number of hydrogen-bond donors (Lipinski definition) is 1. The number of anilines is 1. The molecule has 0 atom stereocenters. The molecule has 168 valence electrons. The molecule has 0 unspecified atom stereocenters. The standard InChI is InChI=1S/C25H23ClFN5O/c26-21-14-20(27)7-6-19(21)16-29-25(33)18-8-11-31(12-9-18)24-23-15-22(17-4-2-1-3-5-17)30-32(23)13-10-28-24/h1-7,10,13-15,18H,8-9,11-12,16H2,(H,29,33). The van der Waals surface area contributed by atoms with Crippen molar-refractivity contribution in [3.63, 3.8) is 0 Å². The van der Waals surface area contributed by atoms with E-state index in [0.29, 0.717) is 10.6 Å². The van der Waals surface area contributed by atoms with Crippen molar-refractivity contribution in [3.8, 4) is 11.3 Å². The molecular weight excluding hydrogens is 441 g/mol. The van der Waals surface area contributed by atoms with Gasteiger partial charge < -0.3 is 10.2 Å². The third-order valence-corrected chi connectivity index (χ3v) is 6.42. The first-order valence-electron chi connectivity index (χ1n) is 10.9. The van der Waals surface area contributed by atoms with Gasteiger partial charge in [-0.05, 0) is 36.6 Å². The van der Waals surface area contributed by atoms with Gasteiger partial charge in [0.1, 0.15) is 11.3 Å². The fraction of sp³-hybridized carbons (Fsp3) is 0.240. The molecule has 8 heteroatoms. The second-order valence-electron chi connectivity index (χ2n) is 8.19. The van der Waals surface area contributed by atoms with Crippen molar-refractivity contribution < 1.29 is 9.18 Å². The Morgan fingerprint density at radius 2 is 1.91 bits per heavy atom. The fourth-order valence-electron chi connectivity index (χ4n) is 4.25. The molecule has 3 heterocycles. The summed E-state index contributed by atoms with van der Waals surface area (Å²) >= 11 is 6.06. The lowest BCUT2D eigenvalue weighted by Crippen LogP contribution is -2.40. The van der Waals surface area contributed by atoms with Gasteiger partial charge in [0, 0.05) is 48.5 Å². The second kappa shape index (κ2) is 9.19. The quantitative estimate of drug-likeness (QED) is 0.465. The van der Waals surface area contributed by atoms with Crippen LogP contribution in [0.5, 0.6) is 0 Å². The van der Waals surface area contributed by atoms with Crippen LogP contribution < -0.4 is 10.2 Å². The summed E-state index contributed by atoms with van der Waals surface area (Å²) in [6.45, 7) is 1.75. The molecule has 0 radical (unpaired) electrons. The van der Waals surface area contributed by atoms with Crippen LogP contribution in [0.25, 0.3) is 16.8 Å². The Balaban J connectivity index is 1.24. The molecule has 2 aromatic carbocycles. The van der Waals surface area contributed by atoms with E-state index in [4.69, 9.17) is 16.7 Å². The number of nitrogens with one attached hydrogen (secondary N) is 1. The van der Waals surface area contributed by atoms with Gasteiger partial charge in [-0.25, -0.2) is 13.9 Å². The summed E-state index contributed by atoms with van der Waals surface area (Å²) in [6.07, 6.45) is 5.07. The highest BCUT2D eigenvalue weighted by Crippen LogP contribution is 2.28. The Morgan fingerprint density at radius 1 is 1.12 bits per heavy atom. The average Bonchev–Trinajstić information content (AvgIpc) is 3.29. The first kappa shape index (κ1) is 21.4. The first-order chi connectivity index (χ1) is 16.1. The lowest BCUT2D eigenvalue weighted by molar-refractivity contribution is -0.125. The van der Waals surface area contributed by atoms with E-state index in [1.165, 1.54) is 12.1 Å². The number of piperidine rings is 1. The van der Waals surface area contributed by atoms with Crippen molar-refractivity contribution in [1.29, 1.82) is 0 Å². The smallest absolute Gasteiger partial charge is 0.223 e. The SMILES string of the molecule is O=C(NCc1ccc(F)cc1Cl)C1CCN(c2nccn3nc(-c4ccccc4)cc23)CC1. The number of hydrogen-bond acceptors (Lipinski definition) is 4. The first-order valence-corrected chi connectivity index (χ1v) is 11.3. The van der Waals surface area contributed by atoms with Crippen molar-refractivity contribution >= 4 is 28.8 Å². The number of carbonyl (C=O) groups excluding carboxylic acids is 1. The summed E-state index contributed by atoms with van der Waals surface area (Å²) in [5.41, 5.74) is 3.61. The zero-order chi connectivity index (χ0) is 22.8. The van der Waals surface area contributed by atoms with E-state index in [2.05, 4.69) is 21.3 Å². The van der Waals surface area contributed by atoms with Crippen LogP contribution in [0.1, 0.15) is 18.4 Å². The Kier molecular flexibility index (Phi) is 5.96. The van der Waals surface area contributed by atoms with Crippen LogP contribution in [-0.4, -0.2) is 33.6 Å². The number of fused-ring (bicyclic) bond motifs is 1. The summed E-state index contributed by atoms with van der Waals surface area (Å²) in [4.78, 5) is 19.5. The highest BCUT2D eigenvalue weighted by molar-refractivity contribution is 6.31. The molecule has 4 aromatic rings. The number of nitrogens with zero attached hydrogens (tertiary/aromatic N) is 4. The van der Waals surface area contributed by atoms with E-state index in [1.54, 1.807) is 12.3 Å². The minimum absolute atomic E-state index is 0.00285. The number of halogens is 2. The molecule has 0 saturated carbocycles. The van der Waals surface area contributed by atoms with Crippen LogP contribution in [-0.2, 0) is 11.3 Å². The van der Waals surface area contributed by atoms with Crippen molar-refractivity contribution in [3.05, 3.63) is 83.4 Å². The molecule has 6 nitrogen and oxygen atoms in total. The van der Waals surface area contributed by atoms with Crippen molar-refractivity contribution in [1.82, 2.24) is 19.9 Å². The molecule has 33 heavy (non-hydrogen) atoms. The van der Waals surface area contributed by atoms with Crippen molar-refractivity contribution in [2.24, 2.45) is 5.92 Å². The van der Waals surface area contributed by atoms with E-state index in [9.17, 15) is 9.18 Å². The largest absolute Gasteiger partial charge is 0.355 e. The van der Waals surface area contributed by atoms with Gasteiger partial charge in [0.15, 0.2) is 5.82 Å². The van der Waals surface area contributed by atoms with E-state index in [-0.39, 0.29) is 24.2 Å². The van der Waals surface area contributed by atoms with Crippen molar-refractivity contribution in [2.75, 3.05) is 18.0 Å². The van der Waals surface area contributed by atoms with Crippen LogP contribution in [0.3, 0.4) is 0 Å². The summed E-state index contributed by atoms with van der Waals surface area (Å²) < 4.78 is 15.1. The lowest BCUT2D eigenvalue weighted by Gasteiger charge is -2.32. The Bertz CT molecular complexity index is 1280. The third-order valence-electron chi connectivity index (χ3n) is 6.07. The van der Waals surface area contributed by atoms with E-state index in [1.807, 2.05) is 41.0 Å². The van der Waals surface area contributed by atoms with Gasteiger partial charge in [0.25, 0.3) is 0 Å². The number of amides is 1. The van der Waals surface area contributed by atoms with Gasteiger partial charge in [0.2, 0.25) is 5.91 Å². The van der Waals surface area contributed by atoms with Crippen LogP contribution in [0.15, 0.2) is 67.0 Å². The van der Waals surface area contributed by atoms with Crippen LogP contribution >= 0.6 is 11.6 Å². The normalized spacial score (nSPS) is 14.5. The minimum Gasteiger partial charge on any atom is -0.355 e. The molecule has 1 amide bonds. The van der Waals surface area contributed by atoms with E-state index >= 15 is 0 Å². The number of aromatic nitrogens is 3. The van der Waals surface area contributed by atoms with Gasteiger partial charge >= 0.3 is 0 Å². The Labute approximate surface area is 196 Å². The fourth-order valence-corrected chi connectivity index (χ4v) is 4.48. The summed E-state index contributed by atoms with van der Waals surface area (Å²) in [5, 5.41) is 7.96. The average molecular weight is 464 g/mol. The molecule has 0 aliphatic carbocycles. The van der Waals surface area contributed by atoms with Gasteiger partial charge in [0.05, 0.1) is 5.69 Å². The maximum atomic E-state index is 13.2. The van der Waals surface area contributed by atoms with Gasteiger partial charge in [-0.3, -0.25) is 4.79 Å². The second-order valence-corrected chi connectivity index (χ2v) is 8.60. The topological polar surface area (TPSA) is 62.5 Å². The predicted octanol–water partition coefficient (Wildman–Crippen LogP) is 4.72. The molecule has 0 bridgehead atoms. The highest BCUT2D eigenvalue weighted by atomic mass is 35.5. The third kappa shape index (κ3) is 4.54. The molecule has 1 saturated heterocycles. The molecule has 5 rings (SSSR count). The monoisotopic (exact) mass is 463 g/mol. The Morgan fingerprint density at radius 3 is 2.67 bits per heavy atom. The van der Waals surface area contributed by atoms with Crippen LogP contribution in [0.4, 0.5) is 10.2 Å². The molecule has 1 fully saturated rings. The van der Waals surface area contributed by atoms with E-state index in [0.717, 1.165) is 48.5 Å².